The van der Waals surface area contributed by atoms with E-state index in [1.54, 1.807) is 26.2 Å². The number of hydrogen-bond donors (Lipinski definition) is 4. The van der Waals surface area contributed by atoms with E-state index in [0.717, 1.165) is 18.0 Å². The molecule has 1 aliphatic rings. The molecule has 38 heavy (non-hydrogen) atoms. The highest BCUT2D eigenvalue weighted by Crippen LogP contribution is 2.17. The number of carbonyl (C=O) groups excluding carboxylic acids is 2. The molecule has 2 aromatic rings. The molecule has 12 heteroatoms. The van der Waals surface area contributed by atoms with Gasteiger partial charge in [-0.05, 0) is 49.6 Å². The van der Waals surface area contributed by atoms with Crippen molar-refractivity contribution in [1.29, 1.82) is 0 Å². The van der Waals surface area contributed by atoms with E-state index < -0.39 is 11.7 Å². The lowest BCUT2D eigenvalue weighted by atomic mass is 9.95. The summed E-state index contributed by atoms with van der Waals surface area (Å²) in [6.07, 6.45) is 6.64. The Kier molecular flexibility index (Phi) is 12.9. The molecular weight excluding hydrogens is 513 g/mol. The Morgan fingerprint density at radius 2 is 1.95 bits per heavy atom. The number of ether oxygens (including phenoxy) is 1. The van der Waals surface area contributed by atoms with E-state index in [1.807, 2.05) is 0 Å². The molecule has 0 bridgehead atoms. The largest absolute Gasteiger partial charge is 0.384 e. The number of nitrogens with one attached hydrogen (secondary N) is 2. The third kappa shape index (κ3) is 11.0. The zero-order valence-corrected chi connectivity index (χ0v) is 22.9. The summed E-state index contributed by atoms with van der Waals surface area (Å²) in [7, 11) is 3.15. The van der Waals surface area contributed by atoms with Crippen molar-refractivity contribution >= 4 is 29.3 Å². The monoisotopic (exact) mass is 549 g/mol. The fraction of sp³-hybridized carbons (Fsp3) is 0.462. The number of hydrazone groups is 1. The number of hydrazine groups is 1. The van der Waals surface area contributed by atoms with Crippen molar-refractivity contribution in [2.24, 2.45) is 16.7 Å². The van der Waals surface area contributed by atoms with Crippen molar-refractivity contribution in [1.82, 2.24) is 20.7 Å². The van der Waals surface area contributed by atoms with Crippen LogP contribution in [0.4, 0.5) is 4.39 Å². The molecule has 1 fully saturated rings. The van der Waals surface area contributed by atoms with Crippen LogP contribution in [0, 0.1) is 12.7 Å². The first-order valence-corrected chi connectivity index (χ1v) is 12.8. The molecule has 0 aliphatic heterocycles. The van der Waals surface area contributed by atoms with E-state index in [0.29, 0.717) is 35.9 Å². The van der Waals surface area contributed by atoms with Gasteiger partial charge < -0.3 is 21.1 Å². The second-order valence-corrected chi connectivity index (χ2v) is 9.42. The molecule has 1 aliphatic carbocycles. The minimum Gasteiger partial charge on any atom is -0.384 e. The van der Waals surface area contributed by atoms with Crippen molar-refractivity contribution in [2.45, 2.75) is 58.0 Å². The standard InChI is InChI=1S/C16H18ClFN6O.C10H19NO2/c1-9-5-11(15(19)23-24(2)20)7-14(22-9)16(25)21-8-10-3-4-13(18)12(17)6-10;1-13-8-7-10(12)11-9-5-3-2-4-6-9/h3-7H,8,20H2,1-2H3,(H2,19,23)(H,21,25);9H,2-8H2,1H3,(H,11,12). The molecule has 3 rings (SSSR count). The Labute approximate surface area is 227 Å². The smallest absolute Gasteiger partial charge is 0.270 e. The normalized spacial score (nSPS) is 13.8. The van der Waals surface area contributed by atoms with Crippen LogP contribution in [0.15, 0.2) is 35.4 Å². The van der Waals surface area contributed by atoms with Crippen LogP contribution >= 0.6 is 11.6 Å². The Morgan fingerprint density at radius 1 is 1.24 bits per heavy atom. The van der Waals surface area contributed by atoms with Gasteiger partial charge in [0.15, 0.2) is 5.84 Å². The summed E-state index contributed by atoms with van der Waals surface area (Å²) in [5.41, 5.74) is 7.82. The molecule has 1 saturated carbocycles. The molecule has 6 N–H and O–H groups in total. The van der Waals surface area contributed by atoms with Crippen molar-refractivity contribution < 1.29 is 18.7 Å². The van der Waals surface area contributed by atoms with E-state index in [1.165, 1.54) is 44.5 Å². The number of amides is 2. The number of nitrogens with zero attached hydrogens (tertiary/aromatic N) is 3. The number of nitrogens with two attached hydrogens (primary N) is 2. The highest BCUT2D eigenvalue weighted by atomic mass is 35.5. The molecular formula is C26H37ClFN7O3. The van der Waals surface area contributed by atoms with Gasteiger partial charge in [0.1, 0.15) is 11.5 Å². The van der Waals surface area contributed by atoms with E-state index in [9.17, 15) is 14.0 Å². The maximum Gasteiger partial charge on any atom is 0.270 e. The number of methoxy groups -OCH3 is 1. The molecule has 10 nitrogen and oxygen atoms in total. The first kappa shape index (κ1) is 30.9. The van der Waals surface area contributed by atoms with Crippen LogP contribution in [0.1, 0.15) is 65.8 Å². The molecule has 0 atom stereocenters. The highest BCUT2D eigenvalue weighted by molar-refractivity contribution is 6.30. The van der Waals surface area contributed by atoms with Gasteiger partial charge >= 0.3 is 0 Å². The van der Waals surface area contributed by atoms with Gasteiger partial charge in [-0.1, -0.05) is 36.9 Å². The lowest BCUT2D eigenvalue weighted by Gasteiger charge is -2.22. The SMILES string of the molecule is COCCC(=O)NC1CCCCC1.Cc1cc(/C(N)=N/N(C)N)cc(C(=O)NCc2ccc(F)c(Cl)c2)n1. The lowest BCUT2D eigenvalue weighted by Crippen LogP contribution is -2.36. The van der Waals surface area contributed by atoms with Gasteiger partial charge in [0.25, 0.3) is 5.91 Å². The third-order valence-corrected chi connectivity index (χ3v) is 5.98. The zero-order valence-electron chi connectivity index (χ0n) is 22.1. The maximum absolute atomic E-state index is 13.2. The predicted octanol–water partition coefficient (Wildman–Crippen LogP) is 3.01. The molecule has 0 spiro atoms. The summed E-state index contributed by atoms with van der Waals surface area (Å²) < 4.78 is 18.0. The predicted molar refractivity (Wildman–Crippen MR) is 146 cm³/mol. The van der Waals surface area contributed by atoms with Crippen LogP contribution in [-0.2, 0) is 16.1 Å². The van der Waals surface area contributed by atoms with Crippen LogP contribution < -0.4 is 22.2 Å². The van der Waals surface area contributed by atoms with Gasteiger partial charge in [0.05, 0.1) is 11.6 Å². The number of rotatable bonds is 9. The van der Waals surface area contributed by atoms with Gasteiger partial charge in [0, 0.05) is 44.4 Å². The van der Waals surface area contributed by atoms with Gasteiger partial charge in [-0.3, -0.25) is 9.59 Å². The molecule has 0 saturated heterocycles. The quantitative estimate of drug-likeness (QED) is 0.163. The topological polar surface area (TPSA) is 148 Å². The van der Waals surface area contributed by atoms with Gasteiger partial charge in [0.2, 0.25) is 5.91 Å². The average Bonchev–Trinajstić information content (AvgIpc) is 2.88. The number of benzene rings is 1. The second kappa shape index (κ2) is 15.9. The molecule has 0 radical (unpaired) electrons. The summed E-state index contributed by atoms with van der Waals surface area (Å²) in [4.78, 5) is 27.8. The second-order valence-electron chi connectivity index (χ2n) is 9.02. The summed E-state index contributed by atoms with van der Waals surface area (Å²) in [6, 6.07) is 7.87. The molecule has 1 aromatic heterocycles. The van der Waals surface area contributed by atoms with Crippen LogP contribution in [0.25, 0.3) is 0 Å². The first-order chi connectivity index (χ1) is 18.1. The molecule has 0 unspecified atom stereocenters. The zero-order chi connectivity index (χ0) is 28.1. The van der Waals surface area contributed by atoms with Crippen LogP contribution in [0.2, 0.25) is 5.02 Å². The van der Waals surface area contributed by atoms with Gasteiger partial charge in [-0.25, -0.2) is 20.3 Å². The van der Waals surface area contributed by atoms with E-state index >= 15 is 0 Å². The molecule has 1 heterocycles. The van der Waals surface area contributed by atoms with E-state index in [2.05, 4.69) is 20.7 Å². The van der Waals surface area contributed by atoms with Crippen LogP contribution in [-0.4, -0.2) is 54.6 Å². The summed E-state index contributed by atoms with van der Waals surface area (Å²) in [6.45, 7) is 2.44. The first-order valence-electron chi connectivity index (χ1n) is 12.4. The fourth-order valence-corrected chi connectivity index (χ4v) is 4.03. The number of hydrogen-bond acceptors (Lipinski definition) is 7. The summed E-state index contributed by atoms with van der Waals surface area (Å²) in [5, 5.41) is 10.7. The Balaban J connectivity index is 0.000000328. The van der Waals surface area contributed by atoms with Crippen molar-refractivity contribution in [3.63, 3.8) is 0 Å². The Hall–Kier alpha value is -3.28. The summed E-state index contributed by atoms with van der Waals surface area (Å²) in [5.74, 6) is 4.81. The molecule has 1 aromatic carbocycles. The Morgan fingerprint density at radius 3 is 2.58 bits per heavy atom. The number of aryl methyl sites for hydroxylation is 1. The Bertz CT molecular complexity index is 1110. The van der Waals surface area contributed by atoms with Crippen molar-refractivity contribution in [3.8, 4) is 0 Å². The number of aromatic nitrogens is 1. The number of carbonyl (C=O) groups is 2. The van der Waals surface area contributed by atoms with Gasteiger partial charge in [-0.2, -0.15) is 0 Å². The minimum atomic E-state index is -0.513. The number of halogens is 2. The van der Waals surface area contributed by atoms with E-state index in [4.69, 9.17) is 27.9 Å². The number of pyridine rings is 1. The van der Waals surface area contributed by atoms with Crippen LogP contribution in [0.3, 0.4) is 0 Å². The van der Waals surface area contributed by atoms with Gasteiger partial charge in [-0.15, -0.1) is 5.10 Å². The molecule has 2 amide bonds. The van der Waals surface area contributed by atoms with Crippen molar-refractivity contribution in [2.75, 3.05) is 20.8 Å². The van der Waals surface area contributed by atoms with Crippen molar-refractivity contribution in [3.05, 3.63) is 63.7 Å². The maximum atomic E-state index is 13.2. The number of amidine groups is 1. The average molecular weight is 550 g/mol. The van der Waals surface area contributed by atoms with E-state index in [-0.39, 0.29) is 29.0 Å². The fourth-order valence-electron chi connectivity index (χ4n) is 3.82. The summed E-state index contributed by atoms with van der Waals surface area (Å²) >= 11 is 5.72. The molecule has 208 valence electrons. The lowest BCUT2D eigenvalue weighted by molar-refractivity contribution is -0.122. The highest BCUT2D eigenvalue weighted by Gasteiger charge is 2.15. The van der Waals surface area contributed by atoms with Crippen LogP contribution in [0.5, 0.6) is 0 Å². The third-order valence-electron chi connectivity index (χ3n) is 5.69. The minimum absolute atomic E-state index is 0.00222.